The first-order valence-corrected chi connectivity index (χ1v) is 21.1. The Bertz CT molecular complexity index is 2790. The van der Waals surface area contributed by atoms with E-state index in [1.165, 1.54) is 26.4 Å². The maximum Gasteiger partial charge on any atom is 0.119 e. The second kappa shape index (κ2) is 17.6. The van der Waals surface area contributed by atoms with Gasteiger partial charge in [0.15, 0.2) is 0 Å². The molecule has 0 aliphatic rings. The van der Waals surface area contributed by atoms with Crippen LogP contribution in [0.5, 0.6) is 5.75 Å². The van der Waals surface area contributed by atoms with E-state index in [1.54, 1.807) is 0 Å². The highest BCUT2D eigenvalue weighted by Crippen LogP contribution is 2.42. The molecule has 286 valence electrons. The van der Waals surface area contributed by atoms with Gasteiger partial charge in [0, 0.05) is 44.2 Å². The first kappa shape index (κ1) is 37.6. The topological polar surface area (TPSA) is 15.7 Å². The zero-order valence-corrected chi connectivity index (χ0v) is 33.6. The molecule has 0 fully saturated rings. The number of para-hydroxylation sites is 1. The van der Waals surface area contributed by atoms with Crippen molar-refractivity contribution in [2.24, 2.45) is 0 Å². The summed E-state index contributed by atoms with van der Waals surface area (Å²) < 4.78 is 6.26. The first-order valence-electron chi connectivity index (χ1n) is 20.1. The van der Waals surface area contributed by atoms with Crippen molar-refractivity contribution in [1.82, 2.24) is 0 Å². The fraction of sp³-hybridized carbons (Fsp3) is 0.0545. The van der Waals surface area contributed by atoms with Crippen molar-refractivity contribution >= 4 is 67.4 Å². The Labute approximate surface area is 351 Å². The Morgan fingerprint density at radius 1 is 0.441 bits per heavy atom. The van der Waals surface area contributed by atoms with Gasteiger partial charge in [-0.1, -0.05) is 133 Å². The molecule has 0 radical (unpaired) electrons. The van der Waals surface area contributed by atoms with Crippen molar-refractivity contribution < 1.29 is 4.74 Å². The molecule has 0 saturated carbocycles. The summed E-state index contributed by atoms with van der Waals surface area (Å²) in [4.78, 5) is 5.95. The third-order valence-corrected chi connectivity index (χ3v) is 11.7. The van der Waals surface area contributed by atoms with Gasteiger partial charge in [0.25, 0.3) is 0 Å². The molecule has 0 spiro atoms. The molecule has 9 aromatic rings. The summed E-state index contributed by atoms with van der Waals surface area (Å²) in [5.74, 6) is 1.88. The van der Waals surface area contributed by atoms with Crippen molar-refractivity contribution in [3.63, 3.8) is 0 Å². The Balaban J connectivity index is 0.990. The van der Waals surface area contributed by atoms with Crippen molar-refractivity contribution in [2.45, 2.75) is 17.9 Å². The average Bonchev–Trinajstić information content (AvgIpc) is 3.30. The number of rotatable bonds is 14. The molecule has 9 aromatic carbocycles. The van der Waals surface area contributed by atoms with Crippen molar-refractivity contribution in [2.75, 3.05) is 15.6 Å². The minimum atomic E-state index is 0.514. The maximum absolute atomic E-state index is 6.26. The number of thioether (sulfide) groups is 1. The van der Waals surface area contributed by atoms with E-state index in [0.29, 0.717) is 6.61 Å². The lowest BCUT2D eigenvalue weighted by Crippen LogP contribution is -2.10. The molecule has 3 nitrogen and oxygen atoms in total. The van der Waals surface area contributed by atoms with Crippen LogP contribution in [0.25, 0.3) is 32.7 Å². The summed E-state index contributed by atoms with van der Waals surface area (Å²) in [5.41, 5.74) is 10.1. The van der Waals surface area contributed by atoms with Crippen LogP contribution < -0.4 is 14.5 Å². The zero-order chi connectivity index (χ0) is 39.8. The SMILES string of the molecule is C=CCCSc1ccc(COc2ccc(N(c3ccc(-c4ccc(N(c5ccccc5)c5cccc6ccccc56)cc4)cc3)c3cccc4ccccc34)cc2)cc1. The fourth-order valence-electron chi connectivity index (χ4n) is 7.64. The molecule has 0 aliphatic carbocycles. The second-order valence-electron chi connectivity index (χ2n) is 14.4. The van der Waals surface area contributed by atoms with Crippen LogP contribution in [-0.2, 0) is 6.61 Å². The molecule has 0 aliphatic heterocycles. The summed E-state index contributed by atoms with van der Waals surface area (Å²) in [7, 11) is 0. The third kappa shape index (κ3) is 8.36. The predicted molar refractivity (Wildman–Crippen MR) is 253 cm³/mol. The minimum absolute atomic E-state index is 0.514. The molecule has 0 atom stereocenters. The van der Waals surface area contributed by atoms with Crippen LogP contribution in [0.2, 0.25) is 0 Å². The number of allylic oxidation sites excluding steroid dienone is 1. The van der Waals surface area contributed by atoms with E-state index in [0.717, 1.165) is 68.7 Å². The Morgan fingerprint density at radius 3 is 1.42 bits per heavy atom. The predicted octanol–water partition coefficient (Wildman–Crippen LogP) is 15.8. The molecular weight excluding hydrogens is 737 g/mol. The smallest absolute Gasteiger partial charge is 0.119 e. The highest BCUT2D eigenvalue weighted by molar-refractivity contribution is 7.99. The lowest BCUT2D eigenvalue weighted by atomic mass is 10.0. The average molecular weight is 781 g/mol. The van der Waals surface area contributed by atoms with Gasteiger partial charge in [0.1, 0.15) is 12.4 Å². The molecule has 0 bridgehead atoms. The van der Waals surface area contributed by atoms with E-state index < -0.39 is 0 Å². The van der Waals surface area contributed by atoms with Crippen LogP contribution in [0.1, 0.15) is 12.0 Å². The lowest BCUT2D eigenvalue weighted by Gasteiger charge is -2.27. The van der Waals surface area contributed by atoms with E-state index in [9.17, 15) is 0 Å². The van der Waals surface area contributed by atoms with Gasteiger partial charge in [-0.25, -0.2) is 0 Å². The molecular formula is C55H44N2OS. The Kier molecular flexibility index (Phi) is 11.2. The quantitative estimate of drug-likeness (QED) is 0.0620. The monoisotopic (exact) mass is 780 g/mol. The van der Waals surface area contributed by atoms with Crippen LogP contribution in [0.15, 0.2) is 230 Å². The summed E-state index contributed by atoms with van der Waals surface area (Å²) in [6, 6.07) is 75.7. The molecule has 0 saturated heterocycles. The normalized spacial score (nSPS) is 11.1. The number of anilines is 6. The van der Waals surface area contributed by atoms with Gasteiger partial charge in [-0.3, -0.25) is 0 Å². The van der Waals surface area contributed by atoms with Gasteiger partial charge in [-0.05, 0) is 119 Å². The van der Waals surface area contributed by atoms with Crippen molar-refractivity contribution in [3.05, 3.63) is 231 Å². The largest absolute Gasteiger partial charge is 0.489 e. The number of benzene rings is 9. The molecule has 59 heavy (non-hydrogen) atoms. The van der Waals surface area contributed by atoms with Gasteiger partial charge in [-0.2, -0.15) is 0 Å². The molecule has 0 unspecified atom stereocenters. The van der Waals surface area contributed by atoms with Gasteiger partial charge >= 0.3 is 0 Å². The van der Waals surface area contributed by atoms with Crippen molar-refractivity contribution in [1.29, 1.82) is 0 Å². The Hall–Kier alpha value is -7.01. The van der Waals surface area contributed by atoms with Gasteiger partial charge in [-0.15, -0.1) is 18.3 Å². The van der Waals surface area contributed by atoms with E-state index in [1.807, 2.05) is 17.8 Å². The maximum atomic E-state index is 6.26. The van der Waals surface area contributed by atoms with Gasteiger partial charge in [0.05, 0.1) is 11.4 Å². The first-order chi connectivity index (χ1) is 29.2. The molecule has 0 amide bonds. The van der Waals surface area contributed by atoms with E-state index >= 15 is 0 Å². The van der Waals surface area contributed by atoms with Gasteiger partial charge < -0.3 is 14.5 Å². The zero-order valence-electron chi connectivity index (χ0n) is 32.8. The van der Waals surface area contributed by atoms with Gasteiger partial charge in [0.2, 0.25) is 0 Å². The summed E-state index contributed by atoms with van der Waals surface area (Å²) in [5, 5.41) is 4.82. The number of ether oxygens (including phenoxy) is 1. The molecule has 9 rings (SSSR count). The van der Waals surface area contributed by atoms with Crippen LogP contribution in [0, 0.1) is 0 Å². The van der Waals surface area contributed by atoms with E-state index in [-0.39, 0.29) is 0 Å². The molecule has 0 N–H and O–H groups in total. The third-order valence-electron chi connectivity index (χ3n) is 10.6. The highest BCUT2D eigenvalue weighted by atomic mass is 32.2. The van der Waals surface area contributed by atoms with Crippen LogP contribution in [-0.4, -0.2) is 5.75 Å². The highest BCUT2D eigenvalue weighted by Gasteiger charge is 2.18. The standard InChI is InChI=1S/C55H44N2OS/c1-2-3-39-59-51-37-23-41(24-38-51)40-58-50-35-33-49(34-36-50)57(55-22-12-16-45-14-8-10-20-53(45)55)48-31-27-43(28-32-48)42-25-29-47(30-26-42)56(46-17-5-4-6-18-46)54-21-11-15-44-13-7-9-19-52(44)54/h2,4-38H,1,3,39-40H2. The number of nitrogens with zero attached hydrogens (tertiary/aromatic N) is 2. The van der Waals surface area contributed by atoms with Crippen molar-refractivity contribution in [3.8, 4) is 16.9 Å². The van der Waals surface area contributed by atoms with Crippen LogP contribution in [0.3, 0.4) is 0 Å². The lowest BCUT2D eigenvalue weighted by molar-refractivity contribution is 0.306. The summed E-state index contributed by atoms with van der Waals surface area (Å²) in [6.45, 7) is 4.34. The fourth-order valence-corrected chi connectivity index (χ4v) is 8.49. The molecule has 4 heteroatoms. The Morgan fingerprint density at radius 2 is 0.898 bits per heavy atom. The number of fused-ring (bicyclic) bond motifs is 2. The molecule has 0 aromatic heterocycles. The van der Waals surface area contributed by atoms with Crippen LogP contribution in [0.4, 0.5) is 34.1 Å². The van der Waals surface area contributed by atoms with Crippen LogP contribution >= 0.6 is 11.8 Å². The van der Waals surface area contributed by atoms with E-state index in [4.69, 9.17) is 4.74 Å². The van der Waals surface area contributed by atoms with E-state index in [2.05, 4.69) is 229 Å². The minimum Gasteiger partial charge on any atom is -0.489 e. The number of hydrogen-bond donors (Lipinski definition) is 0. The second-order valence-corrected chi connectivity index (χ2v) is 15.6. The summed E-state index contributed by atoms with van der Waals surface area (Å²) in [6.07, 6.45) is 2.97. The summed E-state index contributed by atoms with van der Waals surface area (Å²) >= 11 is 1.85. The number of hydrogen-bond acceptors (Lipinski definition) is 4. The molecule has 0 heterocycles.